The summed E-state index contributed by atoms with van der Waals surface area (Å²) in [7, 11) is 3.03. The van der Waals surface area contributed by atoms with Gasteiger partial charge in [-0.15, -0.1) is 0 Å². The van der Waals surface area contributed by atoms with Crippen molar-refractivity contribution >= 4 is 21.8 Å². The van der Waals surface area contributed by atoms with Crippen LogP contribution in [0, 0.1) is 0 Å². The number of rotatable bonds is 6. The summed E-state index contributed by atoms with van der Waals surface area (Å²) >= 11 is 3.31. The van der Waals surface area contributed by atoms with Crippen LogP contribution in [0.3, 0.4) is 0 Å². The molecule has 0 radical (unpaired) electrons. The summed E-state index contributed by atoms with van der Waals surface area (Å²) < 4.78 is 10.6. The highest BCUT2D eigenvalue weighted by atomic mass is 79.9. The molecule has 0 fully saturated rings. The van der Waals surface area contributed by atoms with Gasteiger partial charge in [0.25, 0.3) is 5.91 Å². The normalized spacial score (nSPS) is 13.7. The molecule has 19 heavy (non-hydrogen) atoms. The zero-order valence-electron chi connectivity index (χ0n) is 11.2. The van der Waals surface area contributed by atoms with E-state index in [0.717, 1.165) is 0 Å². The van der Waals surface area contributed by atoms with Crippen LogP contribution in [0.5, 0.6) is 5.75 Å². The molecule has 0 saturated carbocycles. The fraction of sp³-hybridized carbons (Fsp3) is 0.462. The van der Waals surface area contributed by atoms with Crippen molar-refractivity contribution in [3.8, 4) is 5.75 Å². The lowest BCUT2D eigenvalue weighted by atomic mass is 10.1. The summed E-state index contributed by atoms with van der Waals surface area (Å²) in [6, 6.07) is 5.12. The Kier molecular flexibility index (Phi) is 5.78. The number of methoxy groups -OCH3 is 2. The van der Waals surface area contributed by atoms with Gasteiger partial charge < -0.3 is 19.9 Å². The highest BCUT2D eigenvalue weighted by Crippen LogP contribution is 2.22. The van der Waals surface area contributed by atoms with Crippen LogP contribution in [-0.4, -0.2) is 44.0 Å². The predicted molar refractivity (Wildman–Crippen MR) is 75.5 cm³/mol. The molecule has 0 aliphatic carbocycles. The van der Waals surface area contributed by atoms with E-state index in [9.17, 15) is 9.90 Å². The van der Waals surface area contributed by atoms with Gasteiger partial charge in [-0.3, -0.25) is 4.79 Å². The number of halogens is 1. The molecule has 2 N–H and O–H groups in total. The van der Waals surface area contributed by atoms with Crippen LogP contribution in [-0.2, 0) is 4.74 Å². The van der Waals surface area contributed by atoms with Crippen LogP contribution in [0.2, 0.25) is 0 Å². The van der Waals surface area contributed by atoms with Crippen LogP contribution >= 0.6 is 15.9 Å². The van der Waals surface area contributed by atoms with E-state index >= 15 is 0 Å². The maximum atomic E-state index is 12.0. The Morgan fingerprint density at radius 1 is 1.47 bits per heavy atom. The Hall–Kier alpha value is -1.11. The quantitative estimate of drug-likeness (QED) is 0.830. The molecule has 0 aliphatic rings. The lowest BCUT2D eigenvalue weighted by Crippen LogP contribution is -2.43. The van der Waals surface area contributed by atoms with E-state index in [1.165, 1.54) is 14.2 Å². The van der Waals surface area contributed by atoms with Gasteiger partial charge in [0.2, 0.25) is 0 Å². The van der Waals surface area contributed by atoms with Gasteiger partial charge in [0.1, 0.15) is 11.4 Å². The van der Waals surface area contributed by atoms with Crippen molar-refractivity contribution in [2.45, 2.75) is 12.5 Å². The average Bonchev–Trinajstić information content (AvgIpc) is 2.36. The Labute approximate surface area is 121 Å². The number of aliphatic hydroxyl groups is 1. The molecule has 106 valence electrons. The Morgan fingerprint density at radius 3 is 2.74 bits per heavy atom. The van der Waals surface area contributed by atoms with E-state index in [4.69, 9.17) is 9.47 Å². The smallest absolute Gasteiger partial charge is 0.252 e. The first-order valence-corrected chi connectivity index (χ1v) is 6.52. The van der Waals surface area contributed by atoms with Gasteiger partial charge in [0.05, 0.1) is 19.3 Å². The molecule has 1 aromatic rings. The highest BCUT2D eigenvalue weighted by Gasteiger charge is 2.22. The Balaban J connectivity index is 2.73. The number of benzene rings is 1. The van der Waals surface area contributed by atoms with Crippen molar-refractivity contribution in [3.05, 3.63) is 28.2 Å². The zero-order chi connectivity index (χ0) is 14.5. The van der Waals surface area contributed by atoms with Gasteiger partial charge in [-0.05, 0) is 41.1 Å². The minimum atomic E-state index is -1.10. The molecular formula is C13H18BrNO4. The number of nitrogens with one attached hydrogen (secondary N) is 1. The van der Waals surface area contributed by atoms with E-state index in [0.29, 0.717) is 15.8 Å². The second kappa shape index (κ2) is 6.88. The number of ether oxygens (including phenoxy) is 2. The SMILES string of the molecule is COCC(C)(O)CNC(=O)c1cc(OC)ccc1Br. The van der Waals surface area contributed by atoms with Crippen molar-refractivity contribution < 1.29 is 19.4 Å². The van der Waals surface area contributed by atoms with Crippen LogP contribution in [0.15, 0.2) is 22.7 Å². The standard InChI is InChI=1S/C13H18BrNO4/c1-13(17,8-18-2)7-15-12(16)10-6-9(19-3)4-5-11(10)14/h4-6,17H,7-8H2,1-3H3,(H,15,16). The molecule has 0 aliphatic heterocycles. The molecule has 1 amide bonds. The maximum Gasteiger partial charge on any atom is 0.252 e. The second-order valence-corrected chi connectivity index (χ2v) is 5.31. The zero-order valence-corrected chi connectivity index (χ0v) is 12.8. The van der Waals surface area contributed by atoms with E-state index in [1.54, 1.807) is 25.1 Å². The maximum absolute atomic E-state index is 12.0. The summed E-state index contributed by atoms with van der Waals surface area (Å²) in [6.45, 7) is 1.84. The summed E-state index contributed by atoms with van der Waals surface area (Å²) in [5.41, 5.74) is -0.650. The number of hydrogen-bond acceptors (Lipinski definition) is 4. The van der Waals surface area contributed by atoms with Crippen molar-refractivity contribution in [1.82, 2.24) is 5.32 Å². The van der Waals surface area contributed by atoms with Crippen LogP contribution in [0.4, 0.5) is 0 Å². The first kappa shape index (κ1) is 15.9. The molecule has 0 heterocycles. The van der Waals surface area contributed by atoms with Crippen LogP contribution in [0.1, 0.15) is 17.3 Å². The third-order valence-corrected chi connectivity index (χ3v) is 3.19. The summed E-state index contributed by atoms with van der Waals surface area (Å²) in [4.78, 5) is 12.0. The number of amides is 1. The first-order chi connectivity index (χ1) is 8.89. The van der Waals surface area contributed by atoms with E-state index in [2.05, 4.69) is 21.2 Å². The van der Waals surface area contributed by atoms with Gasteiger partial charge in [0.15, 0.2) is 0 Å². The minimum absolute atomic E-state index is 0.101. The van der Waals surface area contributed by atoms with Gasteiger partial charge in [-0.25, -0.2) is 0 Å². The molecule has 1 unspecified atom stereocenters. The average molecular weight is 332 g/mol. The van der Waals surface area contributed by atoms with Crippen molar-refractivity contribution in [2.75, 3.05) is 27.4 Å². The summed E-state index contributed by atoms with van der Waals surface area (Å²) in [5.74, 6) is 0.305. The molecule has 5 nitrogen and oxygen atoms in total. The summed E-state index contributed by atoms with van der Waals surface area (Å²) in [5, 5.41) is 12.6. The Morgan fingerprint density at radius 2 is 2.16 bits per heavy atom. The van der Waals surface area contributed by atoms with E-state index in [-0.39, 0.29) is 19.1 Å². The highest BCUT2D eigenvalue weighted by molar-refractivity contribution is 9.10. The lowest BCUT2D eigenvalue weighted by Gasteiger charge is -2.22. The monoisotopic (exact) mass is 331 g/mol. The molecule has 1 atom stereocenters. The van der Waals surface area contributed by atoms with Gasteiger partial charge in [-0.2, -0.15) is 0 Å². The number of carbonyl (C=O) groups excluding carboxylic acids is 1. The van der Waals surface area contributed by atoms with Gasteiger partial charge in [-0.1, -0.05) is 0 Å². The number of carbonyl (C=O) groups is 1. The van der Waals surface area contributed by atoms with E-state index < -0.39 is 5.60 Å². The van der Waals surface area contributed by atoms with E-state index in [1.807, 2.05) is 0 Å². The predicted octanol–water partition coefficient (Wildman–Crippen LogP) is 1.58. The minimum Gasteiger partial charge on any atom is -0.497 e. The molecule has 0 bridgehead atoms. The first-order valence-electron chi connectivity index (χ1n) is 5.72. The molecule has 1 aromatic carbocycles. The molecule has 0 saturated heterocycles. The number of hydrogen-bond donors (Lipinski definition) is 2. The third kappa shape index (κ3) is 4.81. The largest absolute Gasteiger partial charge is 0.497 e. The van der Waals surface area contributed by atoms with Gasteiger partial charge >= 0.3 is 0 Å². The molecular weight excluding hydrogens is 314 g/mol. The second-order valence-electron chi connectivity index (χ2n) is 4.46. The van der Waals surface area contributed by atoms with Crippen molar-refractivity contribution in [1.29, 1.82) is 0 Å². The fourth-order valence-corrected chi connectivity index (χ4v) is 1.96. The van der Waals surface area contributed by atoms with Gasteiger partial charge in [0, 0.05) is 18.1 Å². The Bertz CT molecular complexity index is 448. The fourth-order valence-electron chi connectivity index (χ4n) is 1.53. The van der Waals surface area contributed by atoms with Crippen LogP contribution in [0.25, 0.3) is 0 Å². The molecule has 1 rings (SSSR count). The lowest BCUT2D eigenvalue weighted by molar-refractivity contribution is -0.0147. The van der Waals surface area contributed by atoms with Crippen LogP contribution < -0.4 is 10.1 Å². The molecule has 6 heteroatoms. The van der Waals surface area contributed by atoms with Crippen molar-refractivity contribution in [3.63, 3.8) is 0 Å². The third-order valence-electron chi connectivity index (χ3n) is 2.50. The summed E-state index contributed by atoms with van der Waals surface area (Å²) in [6.07, 6.45) is 0. The molecule has 0 aromatic heterocycles. The topological polar surface area (TPSA) is 67.8 Å². The van der Waals surface area contributed by atoms with Crippen molar-refractivity contribution in [2.24, 2.45) is 0 Å². The molecule has 0 spiro atoms.